The van der Waals surface area contributed by atoms with Crippen molar-refractivity contribution in [3.05, 3.63) is 94.5 Å². The standard InChI is InChI=1S/C29H31ClF3N3O4S/c1-4-25(28(38)34-5-2)35(18-21-13-11-20(3)12-14-21)27(37)19-36(41(39,40)23-9-7-6-8-10-23)26-17-22(29(31,32)33)15-16-24(26)30/h6-17,25H,4-5,18-19H2,1-3H3,(H,34,38)/t25-/m0/s1. The molecule has 1 N–H and O–H groups in total. The lowest BCUT2D eigenvalue weighted by atomic mass is 10.1. The van der Waals surface area contributed by atoms with Crippen molar-refractivity contribution in [2.45, 2.75) is 50.9 Å². The zero-order valence-corrected chi connectivity index (χ0v) is 24.4. The molecular weight excluding hydrogens is 579 g/mol. The number of nitrogens with zero attached hydrogens (tertiary/aromatic N) is 2. The van der Waals surface area contributed by atoms with Gasteiger partial charge in [-0.05, 0) is 56.2 Å². The Morgan fingerprint density at radius 3 is 2.17 bits per heavy atom. The first kappa shape index (κ1) is 32.0. The fourth-order valence-electron chi connectivity index (χ4n) is 4.21. The van der Waals surface area contributed by atoms with Gasteiger partial charge in [0.1, 0.15) is 12.6 Å². The number of carbonyl (C=O) groups excluding carboxylic acids is 2. The Morgan fingerprint density at radius 2 is 1.61 bits per heavy atom. The van der Waals surface area contributed by atoms with Crippen molar-refractivity contribution in [1.29, 1.82) is 0 Å². The van der Waals surface area contributed by atoms with Crippen molar-refractivity contribution in [3.8, 4) is 0 Å². The summed E-state index contributed by atoms with van der Waals surface area (Å²) < 4.78 is 69.1. The van der Waals surface area contributed by atoms with Crippen LogP contribution >= 0.6 is 11.6 Å². The summed E-state index contributed by atoms with van der Waals surface area (Å²) in [5.74, 6) is -1.23. The number of likely N-dealkylation sites (N-methyl/N-ethyl adjacent to an activating group) is 1. The third-order valence-electron chi connectivity index (χ3n) is 6.36. The number of halogens is 4. The molecule has 7 nitrogen and oxygen atoms in total. The number of hydrogen-bond acceptors (Lipinski definition) is 4. The average Bonchev–Trinajstić information content (AvgIpc) is 2.93. The van der Waals surface area contributed by atoms with Crippen LogP contribution in [0.25, 0.3) is 0 Å². The van der Waals surface area contributed by atoms with Gasteiger partial charge in [-0.25, -0.2) is 8.42 Å². The van der Waals surface area contributed by atoms with Crippen molar-refractivity contribution in [1.82, 2.24) is 10.2 Å². The number of aryl methyl sites for hydroxylation is 1. The molecule has 0 aliphatic carbocycles. The van der Waals surface area contributed by atoms with Gasteiger partial charge in [0.15, 0.2) is 0 Å². The molecule has 12 heteroatoms. The highest BCUT2D eigenvalue weighted by atomic mass is 35.5. The van der Waals surface area contributed by atoms with Gasteiger partial charge in [-0.1, -0.05) is 66.6 Å². The summed E-state index contributed by atoms with van der Waals surface area (Å²) >= 11 is 6.26. The fraction of sp³-hybridized carbons (Fsp3) is 0.310. The third kappa shape index (κ3) is 7.80. The Hall–Kier alpha value is -3.57. The minimum absolute atomic E-state index is 0.0374. The largest absolute Gasteiger partial charge is 0.416 e. The number of amides is 2. The highest BCUT2D eigenvalue weighted by Gasteiger charge is 2.36. The molecule has 2 amide bonds. The van der Waals surface area contributed by atoms with Crippen molar-refractivity contribution in [2.24, 2.45) is 0 Å². The molecule has 3 rings (SSSR count). The summed E-state index contributed by atoms with van der Waals surface area (Å²) in [4.78, 5) is 27.9. The molecule has 0 aliphatic rings. The molecule has 0 saturated carbocycles. The first-order valence-corrected chi connectivity index (χ1v) is 14.7. The number of benzene rings is 3. The summed E-state index contributed by atoms with van der Waals surface area (Å²) in [5.41, 5.74) is 0.00546. The summed E-state index contributed by atoms with van der Waals surface area (Å²) in [5, 5.41) is 2.39. The Bertz CT molecular complexity index is 1470. The van der Waals surface area contributed by atoms with E-state index in [1.807, 2.05) is 19.1 Å². The van der Waals surface area contributed by atoms with E-state index >= 15 is 0 Å². The van der Waals surface area contributed by atoms with E-state index in [0.29, 0.717) is 22.5 Å². The lowest BCUT2D eigenvalue weighted by molar-refractivity contribution is -0.140. The van der Waals surface area contributed by atoms with E-state index in [4.69, 9.17) is 11.6 Å². The predicted molar refractivity (Wildman–Crippen MR) is 152 cm³/mol. The van der Waals surface area contributed by atoms with E-state index in [1.54, 1.807) is 32.0 Å². The minimum Gasteiger partial charge on any atom is -0.355 e. The molecule has 0 saturated heterocycles. The maximum Gasteiger partial charge on any atom is 0.416 e. The molecule has 0 heterocycles. The quantitative estimate of drug-likeness (QED) is 0.297. The van der Waals surface area contributed by atoms with Gasteiger partial charge in [-0.15, -0.1) is 0 Å². The molecule has 3 aromatic rings. The number of alkyl halides is 3. The van der Waals surface area contributed by atoms with Gasteiger partial charge < -0.3 is 10.2 Å². The van der Waals surface area contributed by atoms with Crippen LogP contribution in [0.15, 0.2) is 77.7 Å². The number of hydrogen-bond donors (Lipinski definition) is 1. The lowest BCUT2D eigenvalue weighted by Gasteiger charge is -2.33. The van der Waals surface area contributed by atoms with Crippen molar-refractivity contribution in [2.75, 3.05) is 17.4 Å². The molecular formula is C29H31ClF3N3O4S. The second-order valence-corrected chi connectivity index (χ2v) is 11.6. The van der Waals surface area contributed by atoms with Crippen LogP contribution in [0.4, 0.5) is 18.9 Å². The molecule has 0 fully saturated rings. The molecule has 0 radical (unpaired) electrons. The average molecular weight is 610 g/mol. The molecule has 0 unspecified atom stereocenters. The molecule has 220 valence electrons. The monoisotopic (exact) mass is 609 g/mol. The third-order valence-corrected chi connectivity index (χ3v) is 8.46. The van der Waals surface area contributed by atoms with Gasteiger partial charge >= 0.3 is 6.18 Å². The number of anilines is 1. The number of sulfonamides is 1. The van der Waals surface area contributed by atoms with Crippen LogP contribution in [-0.4, -0.2) is 44.3 Å². The number of rotatable bonds is 11. The molecule has 1 atom stereocenters. The summed E-state index contributed by atoms with van der Waals surface area (Å²) in [6.45, 7) is 4.68. The van der Waals surface area contributed by atoms with Crippen molar-refractivity contribution >= 4 is 39.1 Å². The highest BCUT2D eigenvalue weighted by Crippen LogP contribution is 2.37. The smallest absolute Gasteiger partial charge is 0.355 e. The van der Waals surface area contributed by atoms with Crippen LogP contribution in [0.2, 0.25) is 5.02 Å². The van der Waals surface area contributed by atoms with Gasteiger partial charge in [0.05, 0.1) is 21.2 Å². The van der Waals surface area contributed by atoms with Crippen LogP contribution in [0.5, 0.6) is 0 Å². The van der Waals surface area contributed by atoms with E-state index < -0.39 is 51.9 Å². The van der Waals surface area contributed by atoms with Gasteiger partial charge in [0.25, 0.3) is 10.0 Å². The Kier molecular flexibility index (Phi) is 10.4. The molecule has 0 bridgehead atoms. The zero-order valence-electron chi connectivity index (χ0n) is 22.8. The molecule has 3 aromatic carbocycles. The van der Waals surface area contributed by atoms with Gasteiger partial charge in [-0.2, -0.15) is 13.2 Å². The SMILES string of the molecule is CCNC(=O)[C@H](CC)N(Cc1ccc(C)cc1)C(=O)CN(c1cc(C(F)(F)F)ccc1Cl)S(=O)(=O)c1ccccc1. The Labute approximate surface area is 243 Å². The van der Waals surface area contributed by atoms with Crippen LogP contribution in [-0.2, 0) is 32.3 Å². The van der Waals surface area contributed by atoms with Crippen LogP contribution in [0.1, 0.15) is 37.0 Å². The number of nitrogens with one attached hydrogen (secondary N) is 1. The first-order chi connectivity index (χ1) is 19.3. The van der Waals surface area contributed by atoms with E-state index in [0.717, 1.165) is 17.7 Å². The van der Waals surface area contributed by atoms with E-state index in [9.17, 15) is 31.2 Å². The lowest BCUT2D eigenvalue weighted by Crippen LogP contribution is -2.52. The second kappa shape index (κ2) is 13.4. The highest BCUT2D eigenvalue weighted by molar-refractivity contribution is 7.92. The van der Waals surface area contributed by atoms with Gasteiger partial charge in [-0.3, -0.25) is 13.9 Å². The van der Waals surface area contributed by atoms with Crippen LogP contribution in [0.3, 0.4) is 0 Å². The van der Waals surface area contributed by atoms with Crippen molar-refractivity contribution < 1.29 is 31.2 Å². The van der Waals surface area contributed by atoms with E-state index in [1.165, 1.54) is 29.2 Å². The topological polar surface area (TPSA) is 86.8 Å². The van der Waals surface area contributed by atoms with Gasteiger partial charge in [0, 0.05) is 13.1 Å². The molecule has 41 heavy (non-hydrogen) atoms. The molecule has 0 aliphatic heterocycles. The van der Waals surface area contributed by atoms with Crippen LogP contribution < -0.4 is 9.62 Å². The Balaban J connectivity index is 2.15. The van der Waals surface area contributed by atoms with E-state index in [2.05, 4.69) is 5.32 Å². The molecule has 0 aromatic heterocycles. The van der Waals surface area contributed by atoms with Gasteiger partial charge in [0.2, 0.25) is 11.8 Å². The second-order valence-electron chi connectivity index (χ2n) is 9.31. The normalized spacial score (nSPS) is 12.5. The summed E-state index contributed by atoms with van der Waals surface area (Å²) in [7, 11) is -4.58. The predicted octanol–water partition coefficient (Wildman–Crippen LogP) is 5.81. The zero-order chi connectivity index (χ0) is 30.4. The minimum atomic E-state index is -4.80. The maximum atomic E-state index is 14.0. The number of carbonyl (C=O) groups is 2. The van der Waals surface area contributed by atoms with Crippen molar-refractivity contribution in [3.63, 3.8) is 0 Å². The van der Waals surface area contributed by atoms with E-state index in [-0.39, 0.29) is 22.9 Å². The first-order valence-electron chi connectivity index (χ1n) is 12.9. The summed E-state index contributed by atoms with van der Waals surface area (Å²) in [6.07, 6.45) is -4.59. The van der Waals surface area contributed by atoms with Crippen LogP contribution in [0, 0.1) is 6.92 Å². The Morgan fingerprint density at radius 1 is 0.976 bits per heavy atom. The fourth-order valence-corrected chi connectivity index (χ4v) is 5.93. The maximum absolute atomic E-state index is 14.0. The molecule has 0 spiro atoms. The summed E-state index contributed by atoms with van der Waals surface area (Å²) in [6, 6.07) is 15.5.